The van der Waals surface area contributed by atoms with Gasteiger partial charge in [0.2, 0.25) is 0 Å². The number of hydrogen-bond donors (Lipinski definition) is 0. The lowest BCUT2D eigenvalue weighted by molar-refractivity contribution is 1.19. The van der Waals surface area contributed by atoms with Crippen molar-refractivity contribution in [1.82, 2.24) is 28.2 Å². The third-order valence-corrected chi connectivity index (χ3v) is 32.6. The van der Waals surface area contributed by atoms with Gasteiger partial charge in [-0.15, -0.1) is 22.7 Å². The number of thiophene rings is 2. The number of rotatable bonds is 8. The molecule has 24 aromatic carbocycles. The first-order valence-electron chi connectivity index (χ1n) is 48.1. The zero-order chi connectivity index (χ0) is 91.2. The molecule has 8 heterocycles. The highest BCUT2D eigenvalue weighted by Gasteiger charge is 2.29. The number of pyridine rings is 2. The van der Waals surface area contributed by atoms with Crippen LogP contribution >= 0.6 is 22.7 Å². The van der Waals surface area contributed by atoms with E-state index in [9.17, 15) is 0 Å². The van der Waals surface area contributed by atoms with E-state index in [1.807, 2.05) is 22.7 Å². The van der Waals surface area contributed by atoms with Gasteiger partial charge in [0.05, 0.1) is 93.0 Å². The van der Waals surface area contributed by atoms with E-state index in [1.54, 1.807) is 0 Å². The molecule has 0 spiro atoms. The van der Waals surface area contributed by atoms with Crippen molar-refractivity contribution >= 4 is 258 Å². The Morgan fingerprint density at radius 3 is 0.921 bits per heavy atom. The molecule has 646 valence electrons. The quantitative estimate of drug-likeness (QED) is 0.142. The summed E-state index contributed by atoms with van der Waals surface area (Å²) in [6.07, 6.45) is 0. The van der Waals surface area contributed by atoms with Gasteiger partial charge in [-0.2, -0.15) is 0 Å². The number of hydrogen-bond acceptors (Lipinski definition) is 4. The van der Waals surface area contributed by atoms with Gasteiger partial charge >= 0.3 is 0 Å². The Balaban J connectivity index is 0.000000129. The summed E-state index contributed by atoms with van der Waals surface area (Å²) in [5, 5.41) is 37.7. The maximum absolute atomic E-state index is 5.42. The molecule has 0 radical (unpaired) electrons. The summed E-state index contributed by atoms with van der Waals surface area (Å²) in [4.78, 5) is 10.8. The van der Waals surface area contributed by atoms with Crippen molar-refractivity contribution in [2.24, 2.45) is 0 Å². The van der Waals surface area contributed by atoms with Crippen LogP contribution in [0, 0.1) is 0 Å². The minimum absolute atomic E-state index is 1.00. The van der Waals surface area contributed by atoms with E-state index < -0.39 is 0 Å². The van der Waals surface area contributed by atoms with Gasteiger partial charge < -0.3 is 18.3 Å². The van der Waals surface area contributed by atoms with E-state index in [0.717, 1.165) is 50.0 Å². The molecular formula is C132H76N6S2. The van der Waals surface area contributed by atoms with Crippen LogP contribution in [0.1, 0.15) is 0 Å². The first-order chi connectivity index (χ1) is 69.5. The molecule has 0 fully saturated rings. The van der Waals surface area contributed by atoms with Gasteiger partial charge in [-0.3, -0.25) is 0 Å². The third-order valence-electron chi connectivity index (χ3n) is 30.2. The van der Waals surface area contributed by atoms with Gasteiger partial charge in [0.25, 0.3) is 0 Å². The molecule has 0 aliphatic carbocycles. The predicted molar refractivity (Wildman–Crippen MR) is 600 cm³/mol. The Kier molecular flexibility index (Phi) is 16.5. The fourth-order valence-corrected chi connectivity index (χ4v) is 26.6. The van der Waals surface area contributed by atoms with Crippen molar-refractivity contribution in [1.29, 1.82) is 0 Å². The highest BCUT2D eigenvalue weighted by atomic mass is 32.1. The Hall–Kier alpha value is -17.9. The normalized spacial score (nSPS) is 12.3. The molecule has 0 aliphatic rings. The molecule has 0 N–H and O–H groups in total. The van der Waals surface area contributed by atoms with Crippen LogP contribution in [0.4, 0.5) is 0 Å². The van der Waals surface area contributed by atoms with Gasteiger partial charge in [-0.05, 0) is 209 Å². The van der Waals surface area contributed by atoms with E-state index in [0.29, 0.717) is 0 Å². The zero-order valence-corrected chi connectivity index (χ0v) is 77.0. The molecule has 32 aromatic rings. The minimum atomic E-state index is 1.00. The SMILES string of the molecule is c1ccc(-c2nc3ccccc3c3c2cc(-n2c4ccccc4c4cc(-c5ccc6c(c5)c5ccccc5n6-c5ccc6c7ccccc7c7ccccc7c6c5)ccc42)c2sc4ccccc4c23)cc1.c1ccc(-c2nc3ccccc3c3c2cc(-n2c4ccccc4c4cc(-c5ccc6c(c5)c5ccccc5n6-c5ccc6ccc7cccc8ccc5c6c78)ccc42)c2sc4ccccc4c23)cc1. The Labute approximate surface area is 808 Å². The highest BCUT2D eigenvalue weighted by molar-refractivity contribution is 7.27. The Morgan fingerprint density at radius 2 is 0.479 bits per heavy atom. The van der Waals surface area contributed by atoms with Gasteiger partial charge in [0, 0.05) is 129 Å². The van der Waals surface area contributed by atoms with Crippen LogP contribution in [0.3, 0.4) is 0 Å². The second-order valence-corrected chi connectivity index (χ2v) is 39.6. The Bertz CT molecular complexity index is 11000. The molecule has 8 heteroatoms. The van der Waals surface area contributed by atoms with Crippen molar-refractivity contribution in [3.05, 3.63) is 461 Å². The molecule has 8 aromatic heterocycles. The van der Waals surface area contributed by atoms with Crippen LogP contribution in [0.5, 0.6) is 0 Å². The van der Waals surface area contributed by atoms with Gasteiger partial charge in [0.15, 0.2) is 0 Å². The third kappa shape index (κ3) is 11.2. The second kappa shape index (κ2) is 29.8. The minimum Gasteiger partial charge on any atom is -0.309 e. The zero-order valence-electron chi connectivity index (χ0n) is 75.4. The Morgan fingerprint density at radius 1 is 0.157 bits per heavy atom. The maximum Gasteiger partial charge on any atom is 0.0789 e. The molecule has 0 saturated heterocycles. The number of benzene rings is 24. The second-order valence-electron chi connectivity index (χ2n) is 37.5. The molecular weight excluding hydrogens is 1730 g/mol. The van der Waals surface area contributed by atoms with Crippen molar-refractivity contribution in [2.45, 2.75) is 0 Å². The van der Waals surface area contributed by atoms with Crippen LogP contribution in [-0.4, -0.2) is 28.2 Å². The van der Waals surface area contributed by atoms with E-state index >= 15 is 0 Å². The summed E-state index contributed by atoms with van der Waals surface area (Å²) >= 11 is 3.78. The summed E-state index contributed by atoms with van der Waals surface area (Å²) in [7, 11) is 0. The van der Waals surface area contributed by atoms with Crippen LogP contribution in [0.25, 0.3) is 303 Å². The van der Waals surface area contributed by atoms with Crippen LogP contribution in [0.2, 0.25) is 0 Å². The summed E-state index contributed by atoms with van der Waals surface area (Å²) in [5.74, 6) is 0. The number of fused-ring (bicyclic) bond motifs is 32. The molecule has 32 rings (SSSR count). The summed E-state index contributed by atoms with van der Waals surface area (Å²) in [6.45, 7) is 0. The van der Waals surface area contributed by atoms with Gasteiger partial charge in [-0.25, -0.2) is 9.97 Å². The van der Waals surface area contributed by atoms with Crippen molar-refractivity contribution < 1.29 is 0 Å². The van der Waals surface area contributed by atoms with E-state index in [-0.39, 0.29) is 0 Å². The lowest BCUT2D eigenvalue weighted by atomic mass is 9.93. The molecule has 0 amide bonds. The lowest BCUT2D eigenvalue weighted by Crippen LogP contribution is -1.97. The van der Waals surface area contributed by atoms with E-state index in [1.165, 1.54) is 253 Å². The summed E-state index contributed by atoms with van der Waals surface area (Å²) in [5.41, 5.74) is 25.2. The molecule has 0 unspecified atom stereocenters. The number of nitrogens with zero attached hydrogens (tertiary/aromatic N) is 6. The van der Waals surface area contributed by atoms with Crippen LogP contribution < -0.4 is 0 Å². The maximum atomic E-state index is 5.42. The van der Waals surface area contributed by atoms with Crippen molar-refractivity contribution in [2.75, 3.05) is 0 Å². The summed E-state index contributed by atoms with van der Waals surface area (Å²) < 4.78 is 15.1. The average Bonchev–Trinajstić information content (AvgIpc) is 1.51. The first-order valence-corrected chi connectivity index (χ1v) is 49.7. The van der Waals surface area contributed by atoms with Gasteiger partial charge in [-0.1, -0.05) is 334 Å². The predicted octanol–water partition coefficient (Wildman–Crippen LogP) is 36.9. The largest absolute Gasteiger partial charge is 0.309 e. The van der Waals surface area contributed by atoms with Crippen LogP contribution in [0.15, 0.2) is 461 Å². The van der Waals surface area contributed by atoms with Crippen molar-refractivity contribution in [3.8, 4) is 67.5 Å². The number of aromatic nitrogens is 6. The molecule has 0 atom stereocenters. The number of para-hydroxylation sites is 6. The molecule has 0 saturated carbocycles. The standard InChI is InChI=1S/C67H39N3S.C65H37N3S/c1-2-16-40(17-3-1)66-56-39-62(67-65(52-25-11-15-29-63(52)71-67)64(56)51-24-8-12-26-57(51)68-66)70-59-28-14-10-23-50(59)55-37-42(31-35-61(55)70)41-30-34-60-54(36-41)49-22-9-13-27-58(49)69(60)43-32-33-48-46-20-5-4-18-44(46)45-19-6-7-21-47(45)53(48)38-43;1-2-13-41(14-3-1)64-51-37-58(65-63(48-20-7-11-24-59(48)69-65)62(51)46-19-4-8-21-52(46)66-64)68-54-23-10-6-18-45(54)50-36-43(30-34-57(50)68)42-29-33-56-49(35-42)44-17-5-9-22-53(44)67(56)55-32-28-40-26-25-38-15-12-16-39-27-31-47(55)61(40)60(38)39/h1-39H;1-37H. The fraction of sp³-hybridized carbons (Fsp3) is 0. The molecule has 0 aliphatic heterocycles. The van der Waals surface area contributed by atoms with Crippen LogP contribution in [-0.2, 0) is 0 Å². The monoisotopic (exact) mass is 1810 g/mol. The summed E-state index contributed by atoms with van der Waals surface area (Å²) in [6, 6.07) is 170. The smallest absolute Gasteiger partial charge is 0.0789 e. The average molecular weight is 1810 g/mol. The van der Waals surface area contributed by atoms with E-state index in [2.05, 4.69) is 479 Å². The highest BCUT2D eigenvalue weighted by Crippen LogP contribution is 2.53. The molecule has 0 bridgehead atoms. The van der Waals surface area contributed by atoms with Gasteiger partial charge in [0.1, 0.15) is 0 Å². The first kappa shape index (κ1) is 77.4. The topological polar surface area (TPSA) is 45.5 Å². The fourth-order valence-electron chi connectivity index (χ4n) is 24.2. The van der Waals surface area contributed by atoms with Crippen molar-refractivity contribution in [3.63, 3.8) is 0 Å². The van der Waals surface area contributed by atoms with E-state index in [4.69, 9.17) is 9.97 Å². The lowest BCUT2D eigenvalue weighted by Gasteiger charge is -2.16. The molecule has 140 heavy (non-hydrogen) atoms. The molecule has 6 nitrogen and oxygen atoms in total.